The Hall–Kier alpha value is 0.290. The summed E-state index contributed by atoms with van der Waals surface area (Å²) in [4.78, 5) is 0. The van der Waals surface area contributed by atoms with Gasteiger partial charge in [0.05, 0.1) is 0 Å². The van der Waals surface area contributed by atoms with E-state index in [9.17, 15) is 0 Å². The van der Waals surface area contributed by atoms with Crippen molar-refractivity contribution in [3.8, 4) is 0 Å². The Kier molecular flexibility index (Phi) is 11.1. The highest BCUT2D eigenvalue weighted by atomic mass is 35.5. The fourth-order valence-corrected chi connectivity index (χ4v) is 1.13. The van der Waals surface area contributed by atoms with Crippen LogP contribution in [0.1, 0.15) is 46.5 Å². The van der Waals surface area contributed by atoms with Gasteiger partial charge in [-0.05, 0) is 5.92 Å². The van der Waals surface area contributed by atoms with Gasteiger partial charge in [-0.2, -0.15) is 0 Å². The topological polar surface area (TPSA) is 0 Å². The van der Waals surface area contributed by atoms with Crippen molar-refractivity contribution < 1.29 is 0 Å². The van der Waals surface area contributed by atoms with E-state index in [2.05, 4.69) is 20.8 Å². The predicted molar refractivity (Wildman–Crippen MR) is 46.2 cm³/mol. The second-order valence-electron chi connectivity index (χ2n) is 2.68. The van der Waals surface area contributed by atoms with Gasteiger partial charge >= 0.3 is 0 Å². The summed E-state index contributed by atoms with van der Waals surface area (Å²) in [6.07, 6.45) is 5.52. The Morgan fingerprint density at radius 3 is 1.56 bits per heavy atom. The molecule has 0 heterocycles. The van der Waals surface area contributed by atoms with E-state index >= 15 is 0 Å². The van der Waals surface area contributed by atoms with E-state index in [0.717, 1.165) is 5.92 Å². The van der Waals surface area contributed by atoms with Crippen LogP contribution in [0.5, 0.6) is 0 Å². The van der Waals surface area contributed by atoms with Gasteiger partial charge in [0.1, 0.15) is 0 Å². The third-order valence-corrected chi connectivity index (χ3v) is 1.56. The molecule has 9 heavy (non-hydrogen) atoms. The molecule has 1 heteroatoms. The lowest BCUT2D eigenvalue weighted by Gasteiger charge is -2.05. The molecule has 0 aromatic heterocycles. The first-order valence-corrected chi connectivity index (χ1v) is 3.81. The standard InChI is InChI=1S/C8H18.ClH/c1-4-6-8(3)7-5-2;/h8H,4-7H2,1-3H3;1H. The zero-order valence-corrected chi connectivity index (χ0v) is 7.63. The Morgan fingerprint density at radius 2 is 1.33 bits per heavy atom. The second-order valence-corrected chi connectivity index (χ2v) is 2.68. The van der Waals surface area contributed by atoms with Crippen LogP contribution in [0, 0.1) is 5.92 Å². The van der Waals surface area contributed by atoms with Crippen LogP contribution in [-0.4, -0.2) is 0 Å². The van der Waals surface area contributed by atoms with Crippen molar-refractivity contribution in [3.63, 3.8) is 0 Å². The average molecular weight is 151 g/mol. The highest BCUT2D eigenvalue weighted by Crippen LogP contribution is 2.10. The summed E-state index contributed by atoms with van der Waals surface area (Å²) >= 11 is 0. The van der Waals surface area contributed by atoms with Crippen LogP contribution in [0.25, 0.3) is 0 Å². The maximum Gasteiger partial charge on any atom is -0.0443 e. The highest BCUT2D eigenvalue weighted by molar-refractivity contribution is 5.85. The minimum atomic E-state index is 0. The lowest BCUT2D eigenvalue weighted by atomic mass is 10.0. The van der Waals surface area contributed by atoms with Gasteiger partial charge in [-0.15, -0.1) is 12.4 Å². The number of rotatable bonds is 4. The van der Waals surface area contributed by atoms with Gasteiger partial charge < -0.3 is 0 Å². The molecule has 0 bridgehead atoms. The third kappa shape index (κ3) is 8.29. The molecule has 0 aromatic rings. The average Bonchev–Trinajstić information content (AvgIpc) is 1.68. The molecule has 0 nitrogen and oxygen atoms in total. The van der Waals surface area contributed by atoms with Crippen LogP contribution in [0.2, 0.25) is 0 Å². The molecule has 0 aliphatic heterocycles. The fourth-order valence-electron chi connectivity index (χ4n) is 1.13. The van der Waals surface area contributed by atoms with E-state index < -0.39 is 0 Å². The van der Waals surface area contributed by atoms with Crippen molar-refractivity contribution in [1.82, 2.24) is 0 Å². The zero-order valence-electron chi connectivity index (χ0n) is 6.81. The highest BCUT2D eigenvalue weighted by Gasteiger charge is 1.95. The molecule has 0 saturated heterocycles. The minimum Gasteiger partial charge on any atom is -0.147 e. The zero-order chi connectivity index (χ0) is 6.41. The Morgan fingerprint density at radius 1 is 1.00 bits per heavy atom. The van der Waals surface area contributed by atoms with E-state index in [1.54, 1.807) is 0 Å². The summed E-state index contributed by atoms with van der Waals surface area (Å²) < 4.78 is 0. The van der Waals surface area contributed by atoms with Gasteiger partial charge in [0.15, 0.2) is 0 Å². The van der Waals surface area contributed by atoms with E-state index in [1.165, 1.54) is 25.7 Å². The largest absolute Gasteiger partial charge is 0.147 e. The van der Waals surface area contributed by atoms with Gasteiger partial charge in [0, 0.05) is 0 Å². The molecular weight excluding hydrogens is 132 g/mol. The maximum atomic E-state index is 2.34. The number of hydrogen-bond acceptors (Lipinski definition) is 0. The van der Waals surface area contributed by atoms with Crippen LogP contribution >= 0.6 is 12.4 Å². The molecule has 0 aliphatic carbocycles. The van der Waals surface area contributed by atoms with E-state index in [-0.39, 0.29) is 12.4 Å². The van der Waals surface area contributed by atoms with Crippen LogP contribution in [0.3, 0.4) is 0 Å². The van der Waals surface area contributed by atoms with Crippen molar-refractivity contribution in [1.29, 1.82) is 0 Å². The fraction of sp³-hybridized carbons (Fsp3) is 1.00. The van der Waals surface area contributed by atoms with E-state index in [4.69, 9.17) is 0 Å². The van der Waals surface area contributed by atoms with Crippen molar-refractivity contribution in [2.24, 2.45) is 5.92 Å². The molecule has 0 atom stereocenters. The molecule has 0 aromatic carbocycles. The lowest BCUT2D eigenvalue weighted by Crippen LogP contribution is -1.91. The molecule has 0 saturated carbocycles. The van der Waals surface area contributed by atoms with Gasteiger partial charge in [0.25, 0.3) is 0 Å². The maximum absolute atomic E-state index is 2.34. The van der Waals surface area contributed by atoms with E-state index in [0.29, 0.717) is 0 Å². The predicted octanol–water partition coefficient (Wildman–Crippen LogP) is 3.64. The summed E-state index contributed by atoms with van der Waals surface area (Å²) in [5.41, 5.74) is 0. The molecule has 58 valence electrons. The molecule has 0 aliphatic rings. The molecule has 0 amide bonds. The quantitative estimate of drug-likeness (QED) is 0.574. The smallest absolute Gasteiger partial charge is 0.0443 e. The normalized spacial score (nSPS) is 9.33. The van der Waals surface area contributed by atoms with Gasteiger partial charge in [-0.3, -0.25) is 0 Å². The monoisotopic (exact) mass is 150 g/mol. The Labute approximate surface area is 65.4 Å². The first-order chi connectivity index (χ1) is 3.81. The first kappa shape index (κ1) is 12.0. The molecular formula is C8H19Cl. The molecule has 0 spiro atoms. The van der Waals surface area contributed by atoms with Crippen LogP contribution < -0.4 is 0 Å². The Bertz CT molecular complexity index is 37.8. The van der Waals surface area contributed by atoms with Gasteiger partial charge in [0.2, 0.25) is 0 Å². The first-order valence-electron chi connectivity index (χ1n) is 3.81. The summed E-state index contributed by atoms with van der Waals surface area (Å²) in [7, 11) is 0. The second kappa shape index (κ2) is 8.29. The summed E-state index contributed by atoms with van der Waals surface area (Å²) in [6, 6.07) is 0. The van der Waals surface area contributed by atoms with E-state index in [1.807, 2.05) is 0 Å². The van der Waals surface area contributed by atoms with Crippen molar-refractivity contribution >= 4 is 12.4 Å². The van der Waals surface area contributed by atoms with Gasteiger partial charge in [-0.25, -0.2) is 0 Å². The van der Waals surface area contributed by atoms with Crippen LogP contribution in [0.4, 0.5) is 0 Å². The SMILES string of the molecule is CCCC(C)CCC.Cl. The summed E-state index contributed by atoms with van der Waals surface area (Å²) in [5, 5.41) is 0. The van der Waals surface area contributed by atoms with Crippen LogP contribution in [0.15, 0.2) is 0 Å². The number of halogens is 1. The summed E-state index contributed by atoms with van der Waals surface area (Å²) in [5.74, 6) is 0.963. The van der Waals surface area contributed by atoms with Crippen molar-refractivity contribution in [2.45, 2.75) is 46.5 Å². The number of hydrogen-bond donors (Lipinski definition) is 0. The molecule has 0 N–H and O–H groups in total. The molecule has 0 radical (unpaired) electrons. The van der Waals surface area contributed by atoms with Crippen LogP contribution in [-0.2, 0) is 0 Å². The van der Waals surface area contributed by atoms with Crippen molar-refractivity contribution in [3.05, 3.63) is 0 Å². The van der Waals surface area contributed by atoms with Gasteiger partial charge in [-0.1, -0.05) is 46.5 Å². The molecule has 0 fully saturated rings. The summed E-state index contributed by atoms with van der Waals surface area (Å²) in [6.45, 7) is 6.85. The molecule has 0 rings (SSSR count). The lowest BCUT2D eigenvalue weighted by molar-refractivity contribution is 0.480. The minimum absolute atomic E-state index is 0. The Balaban J connectivity index is 0. The molecule has 0 unspecified atom stereocenters. The third-order valence-electron chi connectivity index (χ3n) is 1.56. The van der Waals surface area contributed by atoms with Crippen molar-refractivity contribution in [2.75, 3.05) is 0 Å².